The third-order valence-corrected chi connectivity index (χ3v) is 13.0. The average Bonchev–Trinajstić information content (AvgIpc) is 3.81. The maximum absolute atomic E-state index is 14.9. The standard InChI is InChI=1S/C44H72FN5O8/c1-15-26(6)37(49(12)41(54)36(25(4)5)47-40(53)35(46-11)24(2)3)33(57-13)22-34(51)50-31-20-29(31)21-32(50)38(58-14)27(7)39(52)48-44(42(55)56,43(8,9)10)23-28-18-16-17-19-30(28)45/h16-19,24-27,29,31-33,35-38,46H,15,20-23H2,1-14H3,(H,47,53)(H,48,52)(H,55,56)/t26-,27+,29-,31-,32-,33+,35-,36-,37-,38+,44+/m0/s1. The summed E-state index contributed by atoms with van der Waals surface area (Å²) in [4.78, 5) is 72.8. The van der Waals surface area contributed by atoms with Gasteiger partial charge in [-0.15, -0.1) is 0 Å². The summed E-state index contributed by atoms with van der Waals surface area (Å²) in [6, 6.07) is 3.61. The van der Waals surface area contributed by atoms with Crippen molar-refractivity contribution in [3.63, 3.8) is 0 Å². The van der Waals surface area contributed by atoms with E-state index in [0.717, 1.165) is 6.42 Å². The Labute approximate surface area is 345 Å². The number of hydrogen-bond acceptors (Lipinski definition) is 8. The van der Waals surface area contributed by atoms with E-state index in [0.29, 0.717) is 12.8 Å². The van der Waals surface area contributed by atoms with Crippen molar-refractivity contribution in [2.24, 2.45) is 35.0 Å². The van der Waals surface area contributed by atoms with Crippen LogP contribution in [0.4, 0.5) is 4.39 Å². The molecule has 13 nitrogen and oxygen atoms in total. The molecule has 1 aromatic rings. The Kier molecular flexibility index (Phi) is 16.9. The number of carbonyl (C=O) groups is 5. The van der Waals surface area contributed by atoms with E-state index in [2.05, 4.69) is 16.0 Å². The number of hydrogen-bond donors (Lipinski definition) is 4. The summed E-state index contributed by atoms with van der Waals surface area (Å²) in [7, 11) is 6.43. The van der Waals surface area contributed by atoms with Crippen LogP contribution < -0.4 is 16.0 Å². The third kappa shape index (κ3) is 10.6. The number of methoxy groups -OCH3 is 2. The Bertz CT molecular complexity index is 1600. The van der Waals surface area contributed by atoms with Crippen LogP contribution in [0.5, 0.6) is 0 Å². The zero-order valence-corrected chi connectivity index (χ0v) is 37.4. The van der Waals surface area contributed by atoms with Gasteiger partial charge >= 0.3 is 5.97 Å². The number of benzene rings is 1. The molecule has 1 aliphatic carbocycles. The highest BCUT2D eigenvalue weighted by Crippen LogP contribution is 2.50. The average molecular weight is 818 g/mol. The van der Waals surface area contributed by atoms with E-state index in [9.17, 15) is 33.5 Å². The van der Waals surface area contributed by atoms with Gasteiger partial charge in [-0.05, 0) is 60.6 Å². The Morgan fingerprint density at radius 2 is 1.55 bits per heavy atom. The lowest BCUT2D eigenvalue weighted by molar-refractivity contribution is -0.155. The second-order valence-electron chi connectivity index (χ2n) is 18.4. The number of nitrogens with one attached hydrogen (secondary N) is 3. The molecule has 11 atom stereocenters. The van der Waals surface area contributed by atoms with Crippen molar-refractivity contribution in [3.05, 3.63) is 35.6 Å². The predicted octanol–water partition coefficient (Wildman–Crippen LogP) is 4.66. The molecule has 3 rings (SSSR count). The van der Waals surface area contributed by atoms with Crippen molar-refractivity contribution in [2.75, 3.05) is 28.3 Å². The molecule has 0 bridgehead atoms. The fourth-order valence-electron chi connectivity index (χ4n) is 8.95. The minimum Gasteiger partial charge on any atom is -0.479 e. The summed E-state index contributed by atoms with van der Waals surface area (Å²) in [5.74, 6) is -4.10. The molecule has 0 aromatic heterocycles. The van der Waals surface area contributed by atoms with Crippen LogP contribution in [0.3, 0.4) is 0 Å². The van der Waals surface area contributed by atoms with E-state index in [1.54, 1.807) is 52.8 Å². The molecule has 1 aliphatic heterocycles. The van der Waals surface area contributed by atoms with Gasteiger partial charge in [-0.25, -0.2) is 9.18 Å². The maximum Gasteiger partial charge on any atom is 0.330 e. The van der Waals surface area contributed by atoms with Crippen molar-refractivity contribution < 1.29 is 42.9 Å². The number of amides is 4. The largest absolute Gasteiger partial charge is 0.479 e. The molecular formula is C44H72FN5O8. The molecule has 4 N–H and O–H groups in total. The van der Waals surface area contributed by atoms with Crippen LogP contribution in [-0.4, -0.2) is 121 Å². The van der Waals surface area contributed by atoms with E-state index < -0.39 is 70.9 Å². The highest BCUT2D eigenvalue weighted by molar-refractivity contribution is 5.91. The summed E-state index contributed by atoms with van der Waals surface area (Å²) < 4.78 is 26.9. The Morgan fingerprint density at radius 3 is 2.03 bits per heavy atom. The van der Waals surface area contributed by atoms with Gasteiger partial charge < -0.3 is 40.3 Å². The minimum atomic E-state index is -1.87. The molecule has 0 spiro atoms. The van der Waals surface area contributed by atoms with Crippen molar-refractivity contribution in [2.45, 2.75) is 149 Å². The topological polar surface area (TPSA) is 167 Å². The van der Waals surface area contributed by atoms with Crippen molar-refractivity contribution in [1.82, 2.24) is 25.8 Å². The first kappa shape index (κ1) is 48.7. The Morgan fingerprint density at radius 1 is 0.948 bits per heavy atom. The molecule has 2 fully saturated rings. The summed E-state index contributed by atoms with van der Waals surface area (Å²) >= 11 is 0. The van der Waals surface area contributed by atoms with E-state index in [4.69, 9.17) is 9.47 Å². The molecule has 328 valence electrons. The number of carbonyl (C=O) groups excluding carboxylic acids is 4. The van der Waals surface area contributed by atoms with Gasteiger partial charge in [-0.2, -0.15) is 0 Å². The highest BCUT2D eigenvalue weighted by atomic mass is 19.1. The maximum atomic E-state index is 14.9. The van der Waals surface area contributed by atoms with Crippen LogP contribution in [0.2, 0.25) is 0 Å². The fraction of sp³-hybridized carbons (Fsp3) is 0.750. The molecule has 1 heterocycles. The lowest BCUT2D eigenvalue weighted by Gasteiger charge is -2.44. The minimum absolute atomic E-state index is 0.00492. The Hall–Kier alpha value is -3.62. The van der Waals surface area contributed by atoms with Crippen molar-refractivity contribution >= 4 is 29.6 Å². The second-order valence-corrected chi connectivity index (χ2v) is 18.4. The van der Waals surface area contributed by atoms with Gasteiger partial charge in [0.15, 0.2) is 0 Å². The van der Waals surface area contributed by atoms with E-state index >= 15 is 0 Å². The normalized spacial score (nSPS) is 22.5. The zero-order chi connectivity index (χ0) is 44.0. The first-order valence-electron chi connectivity index (χ1n) is 20.9. The number of ether oxygens (including phenoxy) is 2. The van der Waals surface area contributed by atoms with Gasteiger partial charge in [0.05, 0.1) is 42.7 Å². The number of carboxylic acids is 1. The van der Waals surface area contributed by atoms with Crippen LogP contribution >= 0.6 is 0 Å². The molecule has 1 aromatic carbocycles. The monoisotopic (exact) mass is 818 g/mol. The molecule has 4 amide bonds. The second kappa shape index (κ2) is 20.1. The number of piperidine rings is 1. The number of likely N-dealkylation sites (N-methyl/N-ethyl adjacent to an activating group) is 2. The molecule has 2 aliphatic rings. The Balaban J connectivity index is 1.89. The summed E-state index contributed by atoms with van der Waals surface area (Å²) in [6.45, 7) is 18.4. The smallest absolute Gasteiger partial charge is 0.330 e. The molecule has 14 heteroatoms. The van der Waals surface area contributed by atoms with Gasteiger partial charge in [0.25, 0.3) is 0 Å². The summed E-state index contributed by atoms with van der Waals surface area (Å²) in [5.41, 5.74) is -2.74. The third-order valence-electron chi connectivity index (χ3n) is 13.0. The van der Waals surface area contributed by atoms with Gasteiger partial charge in [0.2, 0.25) is 23.6 Å². The number of aliphatic carboxylic acids is 1. The van der Waals surface area contributed by atoms with E-state index in [1.807, 2.05) is 46.4 Å². The molecule has 1 saturated carbocycles. The lowest BCUT2D eigenvalue weighted by atomic mass is 9.69. The zero-order valence-electron chi connectivity index (χ0n) is 37.4. The first-order chi connectivity index (χ1) is 27.0. The van der Waals surface area contributed by atoms with Gasteiger partial charge in [-0.1, -0.05) is 93.9 Å². The molecule has 0 unspecified atom stereocenters. The molecule has 0 radical (unpaired) electrons. The van der Waals surface area contributed by atoms with Crippen LogP contribution in [0.15, 0.2) is 24.3 Å². The number of fused-ring (bicyclic) bond motifs is 1. The summed E-state index contributed by atoms with van der Waals surface area (Å²) in [6.07, 6.45) is 0.329. The first-order valence-corrected chi connectivity index (χ1v) is 20.9. The number of halogens is 1. The predicted molar refractivity (Wildman–Crippen MR) is 221 cm³/mol. The van der Waals surface area contributed by atoms with Crippen LogP contribution in [0, 0.1) is 40.8 Å². The molecular weight excluding hydrogens is 746 g/mol. The quantitative estimate of drug-likeness (QED) is 0.138. The number of carboxylic acid groups (broad SMARTS) is 1. The summed E-state index contributed by atoms with van der Waals surface area (Å²) in [5, 5.41) is 19.5. The highest BCUT2D eigenvalue weighted by Gasteiger charge is 2.58. The van der Waals surface area contributed by atoms with E-state index in [-0.39, 0.29) is 65.8 Å². The fourth-order valence-corrected chi connectivity index (χ4v) is 8.95. The van der Waals surface area contributed by atoms with Gasteiger partial charge in [-0.3, -0.25) is 19.2 Å². The molecule has 1 saturated heterocycles. The van der Waals surface area contributed by atoms with Crippen molar-refractivity contribution in [1.29, 1.82) is 0 Å². The number of rotatable bonds is 21. The van der Waals surface area contributed by atoms with Gasteiger partial charge in [0.1, 0.15) is 17.4 Å². The lowest BCUT2D eigenvalue weighted by Crippen LogP contribution is -2.65. The van der Waals surface area contributed by atoms with Crippen LogP contribution in [-0.2, 0) is 39.9 Å². The van der Waals surface area contributed by atoms with Gasteiger partial charge in [0, 0.05) is 33.7 Å². The van der Waals surface area contributed by atoms with Crippen molar-refractivity contribution in [3.8, 4) is 0 Å². The SMILES string of the molecule is CC[C@H](C)[C@@H]([C@@H](CC(=O)N1[C@H]2C[C@H]2C[C@H]1[C@H](OC)[C@@H](C)C(=O)N[C@](Cc1ccccc1F)(C(=O)O)C(C)(C)C)OC)N(C)C(=O)[C@@H](NC(=O)[C@@H](NC)C(C)C)C(C)C. The van der Waals surface area contributed by atoms with E-state index in [1.165, 1.54) is 32.4 Å². The van der Waals surface area contributed by atoms with Crippen LogP contribution in [0.1, 0.15) is 100 Å². The number of nitrogens with zero attached hydrogens (tertiary/aromatic N) is 2. The molecule has 58 heavy (non-hydrogen) atoms. The van der Waals surface area contributed by atoms with Crippen LogP contribution in [0.25, 0.3) is 0 Å². The number of likely N-dealkylation sites (tertiary alicyclic amines) is 1.